The van der Waals surface area contributed by atoms with Gasteiger partial charge in [0.1, 0.15) is 0 Å². The lowest BCUT2D eigenvalue weighted by molar-refractivity contribution is 0.228. The molecule has 1 atom stereocenters. The highest BCUT2D eigenvalue weighted by molar-refractivity contribution is 5.08. The summed E-state index contributed by atoms with van der Waals surface area (Å²) in [4.78, 5) is 0. The van der Waals surface area contributed by atoms with Crippen LogP contribution in [0, 0.1) is 29.6 Å². The van der Waals surface area contributed by atoms with Gasteiger partial charge in [-0.05, 0) is 87.6 Å². The van der Waals surface area contributed by atoms with Crippen LogP contribution < -0.4 is 11.5 Å². The van der Waals surface area contributed by atoms with Gasteiger partial charge in [0.2, 0.25) is 0 Å². The normalized spacial score (nSPS) is 29.1. The SMILES string of the molecule is CC(C)C1=CCC(CN)CC1.CC(C)C1CCC(CN)CC1. The molecule has 0 saturated heterocycles. The summed E-state index contributed by atoms with van der Waals surface area (Å²) in [5, 5.41) is 0. The molecule has 2 aliphatic rings. The van der Waals surface area contributed by atoms with Gasteiger partial charge in [-0.3, -0.25) is 0 Å². The molecule has 0 spiro atoms. The Hall–Kier alpha value is -0.340. The summed E-state index contributed by atoms with van der Waals surface area (Å²) in [6, 6.07) is 0. The molecular weight excluding hydrogens is 268 g/mol. The van der Waals surface area contributed by atoms with E-state index in [1.165, 1.54) is 44.9 Å². The second-order valence-electron chi connectivity index (χ2n) is 8.07. The lowest BCUT2D eigenvalue weighted by atomic mass is 9.77. The third-order valence-corrected chi connectivity index (χ3v) is 5.80. The summed E-state index contributed by atoms with van der Waals surface area (Å²) in [6.07, 6.45) is 11.8. The van der Waals surface area contributed by atoms with Crippen LogP contribution >= 0.6 is 0 Å². The van der Waals surface area contributed by atoms with Crippen LogP contribution in [0.4, 0.5) is 0 Å². The summed E-state index contributed by atoms with van der Waals surface area (Å²) in [5.41, 5.74) is 12.9. The van der Waals surface area contributed by atoms with Crippen molar-refractivity contribution in [3.8, 4) is 0 Å². The molecule has 2 heteroatoms. The first kappa shape index (κ1) is 19.7. The molecule has 4 N–H and O–H groups in total. The molecule has 0 aliphatic heterocycles. The molecule has 0 amide bonds. The Morgan fingerprint density at radius 2 is 1.50 bits per heavy atom. The maximum atomic E-state index is 5.62. The van der Waals surface area contributed by atoms with Gasteiger partial charge in [0.05, 0.1) is 0 Å². The number of rotatable bonds is 4. The van der Waals surface area contributed by atoms with Crippen molar-refractivity contribution < 1.29 is 0 Å². The average Bonchev–Trinajstić information content (AvgIpc) is 2.55. The van der Waals surface area contributed by atoms with E-state index in [0.29, 0.717) is 0 Å². The van der Waals surface area contributed by atoms with Gasteiger partial charge in [0.15, 0.2) is 0 Å². The smallest absolute Gasteiger partial charge is 0.00458 e. The van der Waals surface area contributed by atoms with E-state index in [4.69, 9.17) is 11.5 Å². The minimum atomic E-state index is 0.744. The van der Waals surface area contributed by atoms with E-state index in [2.05, 4.69) is 33.8 Å². The molecule has 0 aromatic heterocycles. The maximum absolute atomic E-state index is 5.62. The highest BCUT2D eigenvalue weighted by Gasteiger charge is 2.21. The zero-order valence-electron chi connectivity index (χ0n) is 15.5. The number of hydrogen-bond donors (Lipinski definition) is 2. The zero-order valence-corrected chi connectivity index (χ0v) is 15.5. The fourth-order valence-electron chi connectivity index (χ4n) is 3.74. The summed E-state index contributed by atoms with van der Waals surface area (Å²) < 4.78 is 0. The maximum Gasteiger partial charge on any atom is -0.00458 e. The first-order chi connectivity index (χ1) is 10.5. The Morgan fingerprint density at radius 1 is 0.909 bits per heavy atom. The lowest BCUT2D eigenvalue weighted by Gasteiger charge is -2.29. The van der Waals surface area contributed by atoms with Crippen LogP contribution in [-0.4, -0.2) is 13.1 Å². The Labute approximate surface area is 139 Å². The van der Waals surface area contributed by atoms with E-state index in [-0.39, 0.29) is 0 Å². The summed E-state index contributed by atoms with van der Waals surface area (Å²) in [7, 11) is 0. The molecule has 1 saturated carbocycles. The van der Waals surface area contributed by atoms with Crippen LogP contribution in [0.1, 0.15) is 72.6 Å². The van der Waals surface area contributed by atoms with Crippen molar-refractivity contribution in [3.05, 3.63) is 11.6 Å². The van der Waals surface area contributed by atoms with Crippen molar-refractivity contribution in [2.75, 3.05) is 13.1 Å². The van der Waals surface area contributed by atoms with E-state index >= 15 is 0 Å². The molecule has 22 heavy (non-hydrogen) atoms. The topological polar surface area (TPSA) is 52.0 Å². The fourth-order valence-corrected chi connectivity index (χ4v) is 3.74. The molecule has 1 unspecified atom stereocenters. The van der Waals surface area contributed by atoms with Gasteiger partial charge in [-0.2, -0.15) is 0 Å². The molecule has 0 aromatic carbocycles. The van der Waals surface area contributed by atoms with Crippen LogP contribution in [-0.2, 0) is 0 Å². The van der Waals surface area contributed by atoms with Gasteiger partial charge in [0.25, 0.3) is 0 Å². The van der Waals surface area contributed by atoms with Crippen molar-refractivity contribution >= 4 is 0 Å². The third kappa shape index (κ3) is 6.83. The molecular formula is C20H40N2. The average molecular weight is 309 g/mol. The van der Waals surface area contributed by atoms with E-state index < -0.39 is 0 Å². The highest BCUT2D eigenvalue weighted by Crippen LogP contribution is 2.32. The van der Waals surface area contributed by atoms with Crippen LogP contribution in [0.5, 0.6) is 0 Å². The number of allylic oxidation sites excluding steroid dienone is 2. The monoisotopic (exact) mass is 308 g/mol. The van der Waals surface area contributed by atoms with Gasteiger partial charge in [-0.15, -0.1) is 0 Å². The molecule has 2 aliphatic carbocycles. The second kappa shape index (κ2) is 10.4. The van der Waals surface area contributed by atoms with Gasteiger partial charge in [-0.25, -0.2) is 0 Å². The molecule has 2 rings (SSSR count). The van der Waals surface area contributed by atoms with Gasteiger partial charge >= 0.3 is 0 Å². The largest absolute Gasteiger partial charge is 0.330 e. The van der Waals surface area contributed by atoms with E-state index in [9.17, 15) is 0 Å². The minimum absolute atomic E-state index is 0.744. The third-order valence-electron chi connectivity index (χ3n) is 5.80. The Bertz CT molecular complexity index is 312. The van der Waals surface area contributed by atoms with Crippen LogP contribution in [0.25, 0.3) is 0 Å². The quantitative estimate of drug-likeness (QED) is 0.737. The van der Waals surface area contributed by atoms with Crippen molar-refractivity contribution in [2.24, 2.45) is 41.1 Å². The summed E-state index contributed by atoms with van der Waals surface area (Å²) >= 11 is 0. The lowest BCUT2D eigenvalue weighted by Crippen LogP contribution is -2.23. The van der Waals surface area contributed by atoms with Crippen LogP contribution in [0.3, 0.4) is 0 Å². The summed E-state index contributed by atoms with van der Waals surface area (Å²) in [5.74, 6) is 4.21. The second-order valence-corrected chi connectivity index (χ2v) is 8.07. The Balaban J connectivity index is 0.000000220. The molecule has 0 heterocycles. The van der Waals surface area contributed by atoms with Crippen LogP contribution in [0.2, 0.25) is 0 Å². The first-order valence-corrected chi connectivity index (χ1v) is 9.56. The highest BCUT2D eigenvalue weighted by atomic mass is 14.6. The molecule has 2 nitrogen and oxygen atoms in total. The van der Waals surface area contributed by atoms with Crippen molar-refractivity contribution in [1.29, 1.82) is 0 Å². The van der Waals surface area contributed by atoms with E-state index in [0.717, 1.165) is 42.7 Å². The molecule has 0 aromatic rings. The van der Waals surface area contributed by atoms with Crippen LogP contribution in [0.15, 0.2) is 11.6 Å². The number of hydrogen-bond acceptors (Lipinski definition) is 2. The van der Waals surface area contributed by atoms with Crippen molar-refractivity contribution in [1.82, 2.24) is 0 Å². The zero-order chi connectivity index (χ0) is 16.5. The molecule has 0 bridgehead atoms. The molecule has 1 fully saturated rings. The fraction of sp³-hybridized carbons (Fsp3) is 0.900. The number of nitrogens with two attached hydrogens (primary N) is 2. The molecule has 0 radical (unpaired) electrons. The summed E-state index contributed by atoms with van der Waals surface area (Å²) in [6.45, 7) is 11.0. The van der Waals surface area contributed by atoms with E-state index in [1.807, 2.05) is 0 Å². The Kier molecular flexibility index (Phi) is 9.35. The minimum Gasteiger partial charge on any atom is -0.330 e. The van der Waals surface area contributed by atoms with E-state index in [1.54, 1.807) is 5.57 Å². The van der Waals surface area contributed by atoms with Gasteiger partial charge in [0, 0.05) is 0 Å². The van der Waals surface area contributed by atoms with Crippen molar-refractivity contribution in [2.45, 2.75) is 72.6 Å². The van der Waals surface area contributed by atoms with Gasteiger partial charge < -0.3 is 11.5 Å². The molecule has 130 valence electrons. The predicted molar refractivity (Wildman–Crippen MR) is 98.7 cm³/mol. The van der Waals surface area contributed by atoms with Gasteiger partial charge in [-0.1, -0.05) is 39.3 Å². The van der Waals surface area contributed by atoms with Crippen molar-refractivity contribution in [3.63, 3.8) is 0 Å². The Morgan fingerprint density at radius 3 is 1.86 bits per heavy atom. The first-order valence-electron chi connectivity index (χ1n) is 9.56. The predicted octanol–water partition coefficient (Wildman–Crippen LogP) is 4.74. The standard InChI is InChI=1S/C10H21N.C10H19N/c2*1-8(2)10-5-3-9(7-11)4-6-10/h8-10H,3-7,11H2,1-2H3;5,8-9H,3-4,6-7,11H2,1-2H3.